The Morgan fingerprint density at radius 1 is 1.09 bits per heavy atom. The molecule has 0 unspecified atom stereocenters. The normalized spacial score (nSPS) is 14.5. The van der Waals surface area contributed by atoms with Crippen molar-refractivity contribution in [3.8, 4) is 0 Å². The molecule has 0 saturated carbocycles. The minimum atomic E-state index is -0.00267. The fourth-order valence-electron chi connectivity index (χ4n) is 3.00. The second-order valence-corrected chi connectivity index (χ2v) is 6.67. The van der Waals surface area contributed by atoms with E-state index in [1.165, 1.54) is 23.3 Å². The van der Waals surface area contributed by atoms with Gasteiger partial charge >= 0.3 is 0 Å². The monoisotopic (exact) mass is 308 g/mol. The number of aromatic nitrogens is 2. The Bertz CT molecular complexity index is 906. The predicted molar refractivity (Wildman–Crippen MR) is 92.3 cm³/mol. The molecule has 0 bridgehead atoms. The molecule has 1 aromatic carbocycles. The van der Waals surface area contributed by atoms with Crippen LogP contribution in [0, 0.1) is 0 Å². The van der Waals surface area contributed by atoms with Gasteiger partial charge in [-0.15, -0.1) is 11.3 Å². The third-order valence-electron chi connectivity index (χ3n) is 4.08. The molecule has 0 amide bonds. The molecule has 110 valence electrons. The van der Waals surface area contributed by atoms with E-state index in [9.17, 15) is 4.79 Å². The van der Waals surface area contributed by atoms with E-state index in [1.807, 2.05) is 42.5 Å². The van der Waals surface area contributed by atoms with Crippen molar-refractivity contribution >= 4 is 33.7 Å². The van der Waals surface area contributed by atoms with Gasteiger partial charge in [-0.2, -0.15) is 0 Å². The zero-order chi connectivity index (χ0) is 14.9. The first-order chi connectivity index (χ1) is 10.8. The van der Waals surface area contributed by atoms with Gasteiger partial charge in [-0.3, -0.25) is 4.79 Å². The van der Waals surface area contributed by atoms with Crippen molar-refractivity contribution in [1.29, 1.82) is 0 Å². The number of aryl methyl sites for hydroxylation is 2. The Balaban J connectivity index is 1.77. The summed E-state index contributed by atoms with van der Waals surface area (Å²) in [5.74, 6) is 0.625. The van der Waals surface area contributed by atoms with Crippen LogP contribution in [0.5, 0.6) is 0 Å². The van der Waals surface area contributed by atoms with Crippen molar-refractivity contribution in [2.75, 3.05) is 0 Å². The summed E-state index contributed by atoms with van der Waals surface area (Å²) >= 11 is 1.68. The fourth-order valence-corrected chi connectivity index (χ4v) is 4.27. The van der Waals surface area contributed by atoms with E-state index in [0.29, 0.717) is 5.82 Å². The smallest absolute Gasteiger partial charge is 0.260 e. The Kier molecular flexibility index (Phi) is 3.39. The lowest BCUT2D eigenvalue weighted by Crippen LogP contribution is -2.11. The minimum Gasteiger partial charge on any atom is -0.306 e. The van der Waals surface area contributed by atoms with Gasteiger partial charge in [0.15, 0.2) is 0 Å². The zero-order valence-corrected chi connectivity index (χ0v) is 13.0. The highest BCUT2D eigenvalue weighted by Crippen LogP contribution is 2.33. The number of H-pyrrole nitrogens is 1. The van der Waals surface area contributed by atoms with Gasteiger partial charge in [-0.25, -0.2) is 4.98 Å². The van der Waals surface area contributed by atoms with Gasteiger partial charge in [0.1, 0.15) is 10.7 Å². The first-order valence-corrected chi connectivity index (χ1v) is 8.40. The molecule has 1 N–H and O–H groups in total. The molecular weight excluding hydrogens is 292 g/mol. The maximum Gasteiger partial charge on any atom is 0.260 e. The number of nitrogens with one attached hydrogen (secondary N) is 1. The number of aromatic amines is 1. The van der Waals surface area contributed by atoms with Crippen LogP contribution in [0.25, 0.3) is 22.4 Å². The second kappa shape index (κ2) is 5.54. The third kappa shape index (κ3) is 2.40. The molecule has 2 aromatic heterocycles. The highest BCUT2D eigenvalue weighted by molar-refractivity contribution is 7.18. The predicted octanol–water partition coefficient (Wildman–Crippen LogP) is 4.03. The van der Waals surface area contributed by atoms with Crippen molar-refractivity contribution < 1.29 is 0 Å². The van der Waals surface area contributed by atoms with Crippen molar-refractivity contribution in [3.05, 3.63) is 62.5 Å². The number of fused-ring (bicyclic) bond motifs is 3. The van der Waals surface area contributed by atoms with E-state index >= 15 is 0 Å². The van der Waals surface area contributed by atoms with E-state index in [4.69, 9.17) is 0 Å². The van der Waals surface area contributed by atoms with Crippen LogP contribution in [-0.4, -0.2) is 9.97 Å². The highest BCUT2D eigenvalue weighted by Gasteiger charge is 2.19. The SMILES string of the molecule is O=c1[nH]c(/C=C\c2ccccc2)nc2sc3c(c12)CCCC3. The Hall–Kier alpha value is -2.20. The van der Waals surface area contributed by atoms with Crippen LogP contribution >= 0.6 is 11.3 Å². The summed E-state index contributed by atoms with van der Waals surface area (Å²) < 4.78 is 0. The molecular formula is C18H16N2OS. The molecule has 0 spiro atoms. The lowest BCUT2D eigenvalue weighted by molar-refractivity contribution is 0.700. The van der Waals surface area contributed by atoms with Crippen LogP contribution in [0.1, 0.15) is 34.7 Å². The average Bonchev–Trinajstić information content (AvgIpc) is 2.92. The lowest BCUT2D eigenvalue weighted by atomic mass is 9.97. The Labute approximate surface area is 132 Å². The van der Waals surface area contributed by atoms with Gasteiger partial charge in [0.05, 0.1) is 5.39 Å². The summed E-state index contributed by atoms with van der Waals surface area (Å²) in [6.07, 6.45) is 8.34. The summed E-state index contributed by atoms with van der Waals surface area (Å²) in [6.45, 7) is 0. The van der Waals surface area contributed by atoms with E-state index in [-0.39, 0.29) is 5.56 Å². The number of rotatable bonds is 2. The first kappa shape index (κ1) is 13.5. The summed E-state index contributed by atoms with van der Waals surface area (Å²) in [7, 11) is 0. The number of hydrogen-bond donors (Lipinski definition) is 1. The van der Waals surface area contributed by atoms with Gasteiger partial charge in [-0.1, -0.05) is 36.4 Å². The van der Waals surface area contributed by atoms with Crippen LogP contribution in [0.3, 0.4) is 0 Å². The number of benzene rings is 1. The topological polar surface area (TPSA) is 45.8 Å². The zero-order valence-electron chi connectivity index (χ0n) is 12.1. The maximum absolute atomic E-state index is 12.4. The van der Waals surface area contributed by atoms with Crippen LogP contribution in [0.4, 0.5) is 0 Å². The number of hydrogen-bond acceptors (Lipinski definition) is 3. The first-order valence-electron chi connectivity index (χ1n) is 7.59. The molecule has 0 saturated heterocycles. The van der Waals surface area contributed by atoms with E-state index in [2.05, 4.69) is 9.97 Å². The van der Waals surface area contributed by atoms with Gasteiger partial charge in [-0.05, 0) is 42.9 Å². The van der Waals surface area contributed by atoms with Crippen molar-refractivity contribution in [1.82, 2.24) is 9.97 Å². The summed E-state index contributed by atoms with van der Waals surface area (Å²) in [4.78, 5) is 22.2. The van der Waals surface area contributed by atoms with Crippen LogP contribution in [0.2, 0.25) is 0 Å². The second-order valence-electron chi connectivity index (χ2n) is 5.59. The van der Waals surface area contributed by atoms with Gasteiger partial charge in [0.25, 0.3) is 5.56 Å². The molecule has 22 heavy (non-hydrogen) atoms. The van der Waals surface area contributed by atoms with Gasteiger partial charge < -0.3 is 4.98 Å². The number of thiophene rings is 1. The fraction of sp³-hybridized carbons (Fsp3) is 0.222. The summed E-state index contributed by atoms with van der Waals surface area (Å²) in [5, 5.41) is 0.816. The van der Waals surface area contributed by atoms with Crippen molar-refractivity contribution in [2.45, 2.75) is 25.7 Å². The lowest BCUT2D eigenvalue weighted by Gasteiger charge is -2.09. The molecule has 0 fully saturated rings. The van der Waals surface area contributed by atoms with E-state index in [1.54, 1.807) is 11.3 Å². The van der Waals surface area contributed by atoms with Crippen LogP contribution in [-0.2, 0) is 12.8 Å². The maximum atomic E-state index is 12.4. The molecule has 1 aliphatic rings. The summed E-state index contributed by atoms with van der Waals surface area (Å²) in [6, 6.07) is 10.0. The molecule has 0 radical (unpaired) electrons. The molecule has 3 aromatic rings. The van der Waals surface area contributed by atoms with Crippen LogP contribution in [0.15, 0.2) is 35.1 Å². The molecule has 3 nitrogen and oxygen atoms in total. The molecule has 0 aliphatic heterocycles. The van der Waals surface area contributed by atoms with Crippen LogP contribution < -0.4 is 5.56 Å². The third-order valence-corrected chi connectivity index (χ3v) is 5.26. The van der Waals surface area contributed by atoms with Crippen molar-refractivity contribution in [3.63, 3.8) is 0 Å². The number of nitrogens with zero attached hydrogens (tertiary/aromatic N) is 1. The molecule has 1 aliphatic carbocycles. The quantitative estimate of drug-likeness (QED) is 0.777. The van der Waals surface area contributed by atoms with Gasteiger partial charge in [0, 0.05) is 4.88 Å². The molecule has 0 atom stereocenters. The Morgan fingerprint density at radius 2 is 1.91 bits per heavy atom. The van der Waals surface area contributed by atoms with E-state index in [0.717, 1.165) is 28.6 Å². The minimum absolute atomic E-state index is 0.00267. The standard InChI is InChI=1S/C18H16N2OS/c21-17-16-13-8-4-5-9-14(13)22-18(16)20-15(19-17)11-10-12-6-2-1-3-7-12/h1-3,6-7,10-11H,4-5,8-9H2,(H,19,20,21)/b11-10-. The van der Waals surface area contributed by atoms with Gasteiger partial charge in [0.2, 0.25) is 0 Å². The van der Waals surface area contributed by atoms with Crippen molar-refractivity contribution in [2.24, 2.45) is 0 Å². The highest BCUT2D eigenvalue weighted by atomic mass is 32.1. The van der Waals surface area contributed by atoms with E-state index < -0.39 is 0 Å². The largest absolute Gasteiger partial charge is 0.306 e. The average molecular weight is 308 g/mol. The summed E-state index contributed by atoms with van der Waals surface area (Å²) in [5.41, 5.74) is 2.33. The molecule has 4 heteroatoms. The Morgan fingerprint density at radius 3 is 2.77 bits per heavy atom. The molecule has 2 heterocycles. The molecule has 4 rings (SSSR count).